The molecule has 0 radical (unpaired) electrons. The molecule has 2 heteroatoms. The fourth-order valence-electron chi connectivity index (χ4n) is 3.96. The van der Waals surface area contributed by atoms with Gasteiger partial charge in [0, 0.05) is 5.54 Å². The minimum absolute atomic E-state index is 0.0189. The number of carbonyl (C=O) groups is 1. The Morgan fingerprint density at radius 3 is 2.27 bits per heavy atom. The first-order valence-electron chi connectivity index (χ1n) is 8.88. The van der Waals surface area contributed by atoms with Crippen LogP contribution in [0.3, 0.4) is 0 Å². The van der Waals surface area contributed by atoms with Crippen molar-refractivity contribution in [3.8, 4) is 0 Å². The molecule has 3 rings (SSSR count). The Morgan fingerprint density at radius 2 is 1.73 bits per heavy atom. The van der Waals surface area contributed by atoms with E-state index >= 15 is 0 Å². The Bertz CT molecular complexity index is 542. The van der Waals surface area contributed by atoms with E-state index in [1.165, 1.54) is 54.4 Å². The van der Waals surface area contributed by atoms with E-state index in [4.69, 9.17) is 0 Å². The summed E-state index contributed by atoms with van der Waals surface area (Å²) in [5, 5.41) is 3.31. The summed E-state index contributed by atoms with van der Waals surface area (Å²) in [4.78, 5) is 12.5. The molecule has 0 atom stereocenters. The predicted octanol–water partition coefficient (Wildman–Crippen LogP) is 4.56. The summed E-state index contributed by atoms with van der Waals surface area (Å²) in [5.41, 5.74) is 5.28. The highest BCUT2D eigenvalue weighted by Gasteiger charge is 2.29. The third-order valence-corrected chi connectivity index (χ3v) is 5.50. The van der Waals surface area contributed by atoms with E-state index in [1.54, 1.807) is 0 Å². The summed E-state index contributed by atoms with van der Waals surface area (Å²) in [6.45, 7) is 6.52. The Labute approximate surface area is 134 Å². The maximum atomic E-state index is 12.5. The number of amides is 1. The van der Waals surface area contributed by atoms with E-state index in [2.05, 4.69) is 38.2 Å². The molecule has 0 heterocycles. The first-order valence-corrected chi connectivity index (χ1v) is 8.88. The molecular weight excluding hydrogens is 270 g/mol. The zero-order valence-electron chi connectivity index (χ0n) is 14.3. The maximum Gasteiger partial charge on any atom is 0.224 e. The number of hydrogen-bond acceptors (Lipinski definition) is 1. The highest BCUT2D eigenvalue weighted by atomic mass is 16.1. The molecule has 0 bridgehead atoms. The van der Waals surface area contributed by atoms with Gasteiger partial charge in [-0.05, 0) is 74.6 Å². The largest absolute Gasteiger partial charge is 0.351 e. The van der Waals surface area contributed by atoms with Gasteiger partial charge in [-0.25, -0.2) is 0 Å². The van der Waals surface area contributed by atoms with Crippen molar-refractivity contribution in [2.24, 2.45) is 0 Å². The van der Waals surface area contributed by atoms with Gasteiger partial charge in [-0.1, -0.05) is 31.4 Å². The van der Waals surface area contributed by atoms with Crippen LogP contribution < -0.4 is 5.32 Å². The van der Waals surface area contributed by atoms with Gasteiger partial charge in [0.1, 0.15) is 0 Å². The lowest BCUT2D eigenvalue weighted by molar-refractivity contribution is -0.122. The van der Waals surface area contributed by atoms with Gasteiger partial charge in [-0.3, -0.25) is 4.79 Å². The number of hydrogen-bond donors (Lipinski definition) is 1. The van der Waals surface area contributed by atoms with Gasteiger partial charge < -0.3 is 5.32 Å². The normalized spacial score (nSPS) is 20.7. The minimum Gasteiger partial charge on any atom is -0.351 e. The summed E-state index contributed by atoms with van der Waals surface area (Å²) in [6, 6.07) is 4.60. The lowest BCUT2D eigenvalue weighted by atomic mass is 9.83. The molecule has 1 amide bonds. The lowest BCUT2D eigenvalue weighted by Gasteiger charge is -2.34. The average Bonchev–Trinajstić information content (AvgIpc) is 3.27. The molecule has 0 spiro atoms. The van der Waals surface area contributed by atoms with E-state index in [-0.39, 0.29) is 11.4 Å². The van der Waals surface area contributed by atoms with E-state index in [0.29, 0.717) is 6.42 Å². The topological polar surface area (TPSA) is 29.1 Å². The van der Waals surface area contributed by atoms with Gasteiger partial charge in [-0.2, -0.15) is 0 Å². The molecule has 0 unspecified atom stereocenters. The zero-order chi connectivity index (χ0) is 15.7. The Balaban J connectivity index is 1.68. The fraction of sp³-hybridized carbons (Fsp3) is 0.650. The van der Waals surface area contributed by atoms with Crippen LogP contribution >= 0.6 is 0 Å². The first-order chi connectivity index (χ1) is 10.5. The second-order valence-corrected chi connectivity index (χ2v) is 7.75. The van der Waals surface area contributed by atoms with Gasteiger partial charge in [0.15, 0.2) is 0 Å². The molecular formula is C20H29NO. The molecule has 0 aliphatic heterocycles. The van der Waals surface area contributed by atoms with Gasteiger partial charge in [-0.15, -0.1) is 0 Å². The molecule has 2 saturated carbocycles. The van der Waals surface area contributed by atoms with E-state index in [1.807, 2.05) is 0 Å². The van der Waals surface area contributed by atoms with Gasteiger partial charge in [0.2, 0.25) is 5.91 Å². The molecule has 2 fully saturated rings. The summed E-state index contributed by atoms with van der Waals surface area (Å²) < 4.78 is 0. The molecule has 2 nitrogen and oxygen atoms in total. The van der Waals surface area contributed by atoms with Crippen LogP contribution in [0.25, 0.3) is 0 Å². The Hall–Kier alpha value is -1.31. The molecule has 0 aromatic heterocycles. The van der Waals surface area contributed by atoms with Crippen LogP contribution in [0, 0.1) is 13.8 Å². The molecule has 120 valence electrons. The van der Waals surface area contributed by atoms with Crippen LogP contribution in [0.1, 0.15) is 80.0 Å². The van der Waals surface area contributed by atoms with Crippen molar-refractivity contribution in [3.05, 3.63) is 34.4 Å². The van der Waals surface area contributed by atoms with Crippen LogP contribution in [-0.4, -0.2) is 11.4 Å². The number of aryl methyl sites for hydroxylation is 2. The highest BCUT2D eigenvalue weighted by molar-refractivity contribution is 5.80. The van der Waals surface area contributed by atoms with Crippen molar-refractivity contribution in [1.29, 1.82) is 0 Å². The zero-order valence-corrected chi connectivity index (χ0v) is 14.3. The van der Waals surface area contributed by atoms with Crippen molar-refractivity contribution in [1.82, 2.24) is 5.32 Å². The van der Waals surface area contributed by atoms with Crippen molar-refractivity contribution in [2.45, 2.75) is 83.6 Å². The number of benzene rings is 1. The van der Waals surface area contributed by atoms with Crippen LogP contribution in [0.2, 0.25) is 0 Å². The fourth-order valence-corrected chi connectivity index (χ4v) is 3.96. The third kappa shape index (κ3) is 3.53. The number of rotatable bonds is 4. The monoisotopic (exact) mass is 299 g/mol. The molecule has 2 aliphatic carbocycles. The lowest BCUT2D eigenvalue weighted by Crippen LogP contribution is -2.47. The smallest absolute Gasteiger partial charge is 0.224 e. The van der Waals surface area contributed by atoms with Crippen molar-refractivity contribution in [3.63, 3.8) is 0 Å². The predicted molar refractivity (Wildman–Crippen MR) is 91.2 cm³/mol. The molecule has 1 aromatic carbocycles. The molecule has 1 aromatic rings. The van der Waals surface area contributed by atoms with E-state index in [9.17, 15) is 4.79 Å². The summed E-state index contributed by atoms with van der Waals surface area (Å²) in [7, 11) is 0. The van der Waals surface area contributed by atoms with E-state index < -0.39 is 0 Å². The molecule has 1 N–H and O–H groups in total. The summed E-state index contributed by atoms with van der Waals surface area (Å²) >= 11 is 0. The molecule has 2 aliphatic rings. The minimum atomic E-state index is 0.0189. The average molecular weight is 299 g/mol. The quantitative estimate of drug-likeness (QED) is 0.867. The third-order valence-electron chi connectivity index (χ3n) is 5.50. The van der Waals surface area contributed by atoms with Crippen molar-refractivity contribution < 1.29 is 4.79 Å². The van der Waals surface area contributed by atoms with Crippen LogP contribution in [0.4, 0.5) is 0 Å². The first kappa shape index (κ1) is 15.6. The van der Waals surface area contributed by atoms with Crippen LogP contribution in [-0.2, 0) is 11.2 Å². The van der Waals surface area contributed by atoms with Crippen LogP contribution in [0.15, 0.2) is 12.1 Å². The second kappa shape index (κ2) is 6.06. The maximum absolute atomic E-state index is 12.5. The van der Waals surface area contributed by atoms with Gasteiger partial charge >= 0.3 is 0 Å². The van der Waals surface area contributed by atoms with E-state index in [0.717, 1.165) is 18.8 Å². The highest BCUT2D eigenvalue weighted by Crippen LogP contribution is 2.41. The summed E-state index contributed by atoms with van der Waals surface area (Å²) in [5.74, 6) is 0.969. The van der Waals surface area contributed by atoms with Gasteiger partial charge in [0.05, 0.1) is 6.42 Å². The SMILES string of the molecule is Cc1cc(C2CC2)cc(C)c1CC(=O)NC1(C)CCCCC1. The number of nitrogens with one attached hydrogen (secondary N) is 1. The van der Waals surface area contributed by atoms with Gasteiger partial charge in [0.25, 0.3) is 0 Å². The number of carbonyl (C=O) groups excluding carboxylic acids is 1. The standard InChI is InChI=1S/C20H29NO/c1-14-11-17(16-7-8-16)12-15(2)18(14)13-19(22)21-20(3)9-5-4-6-10-20/h11-12,16H,4-10,13H2,1-3H3,(H,21,22). The Morgan fingerprint density at radius 1 is 1.14 bits per heavy atom. The van der Waals surface area contributed by atoms with Crippen LogP contribution in [0.5, 0.6) is 0 Å². The molecule has 0 saturated heterocycles. The van der Waals surface area contributed by atoms with Crippen molar-refractivity contribution in [2.75, 3.05) is 0 Å². The Kier molecular flexibility index (Phi) is 4.29. The molecule has 22 heavy (non-hydrogen) atoms. The second-order valence-electron chi connectivity index (χ2n) is 7.75. The summed E-state index contributed by atoms with van der Waals surface area (Å²) in [6.07, 6.45) is 9.23. The van der Waals surface area contributed by atoms with Crippen molar-refractivity contribution >= 4 is 5.91 Å².